The summed E-state index contributed by atoms with van der Waals surface area (Å²) in [6.07, 6.45) is -0.518. The van der Waals surface area contributed by atoms with Crippen LogP contribution >= 0.6 is 0 Å². The second-order valence-corrected chi connectivity index (χ2v) is 4.91. The van der Waals surface area contributed by atoms with Crippen molar-refractivity contribution in [3.63, 3.8) is 0 Å². The summed E-state index contributed by atoms with van der Waals surface area (Å²) in [6.45, 7) is 2.88. The molecule has 20 heavy (non-hydrogen) atoms. The fourth-order valence-corrected chi connectivity index (χ4v) is 2.39. The maximum Gasteiger partial charge on any atom is 0.407 e. The molecular formula is C15H20N2O3. The minimum Gasteiger partial charge on any atom is -0.465 e. The molecule has 0 aromatic heterocycles. The fraction of sp³-hybridized carbons (Fsp3) is 0.467. The quantitative estimate of drug-likeness (QED) is 0.923. The van der Waals surface area contributed by atoms with Crippen LogP contribution in [0.2, 0.25) is 0 Å². The molecule has 5 nitrogen and oxygen atoms in total. The van der Waals surface area contributed by atoms with Gasteiger partial charge in [0.2, 0.25) is 0 Å². The number of amides is 1. The third-order valence-electron chi connectivity index (χ3n) is 3.59. The maximum absolute atomic E-state index is 11.0. The van der Waals surface area contributed by atoms with Crippen molar-refractivity contribution in [3.8, 4) is 0 Å². The van der Waals surface area contributed by atoms with E-state index in [2.05, 4.69) is 0 Å². The van der Waals surface area contributed by atoms with Gasteiger partial charge < -0.3 is 14.7 Å². The van der Waals surface area contributed by atoms with Gasteiger partial charge in [-0.2, -0.15) is 0 Å². The van der Waals surface area contributed by atoms with Crippen LogP contribution in [0.4, 0.5) is 4.79 Å². The molecule has 1 aliphatic rings. The summed E-state index contributed by atoms with van der Waals surface area (Å²) >= 11 is 0. The van der Waals surface area contributed by atoms with Gasteiger partial charge in [-0.3, -0.25) is 4.99 Å². The van der Waals surface area contributed by atoms with Crippen molar-refractivity contribution in [1.29, 1.82) is 0 Å². The summed E-state index contributed by atoms with van der Waals surface area (Å²) in [7, 11) is 1.60. The third-order valence-corrected chi connectivity index (χ3v) is 3.59. The highest BCUT2D eigenvalue weighted by atomic mass is 16.5. The molecule has 1 aromatic carbocycles. The van der Waals surface area contributed by atoms with Gasteiger partial charge in [0, 0.05) is 25.8 Å². The van der Waals surface area contributed by atoms with E-state index in [1.54, 1.807) is 7.11 Å². The lowest BCUT2D eigenvalue weighted by Gasteiger charge is -2.31. The molecule has 108 valence electrons. The lowest BCUT2D eigenvalue weighted by atomic mass is 10.0. The highest BCUT2D eigenvalue weighted by Crippen LogP contribution is 2.20. The molecule has 0 radical (unpaired) electrons. The number of hydrogen-bond acceptors (Lipinski definition) is 3. The van der Waals surface area contributed by atoms with Gasteiger partial charge in [-0.1, -0.05) is 30.3 Å². The van der Waals surface area contributed by atoms with Crippen LogP contribution in [-0.2, 0) is 4.74 Å². The number of aliphatic imine (C=N–C) groups is 1. The van der Waals surface area contributed by atoms with E-state index in [0.717, 1.165) is 11.3 Å². The SMILES string of the molecule is COC1CN(C(=O)O)CC/C1=N/C(C)c1ccccc1. The summed E-state index contributed by atoms with van der Waals surface area (Å²) in [5.41, 5.74) is 2.09. The van der Waals surface area contributed by atoms with Crippen molar-refractivity contribution in [2.45, 2.75) is 25.5 Å². The summed E-state index contributed by atoms with van der Waals surface area (Å²) in [5.74, 6) is 0. The molecule has 0 saturated carbocycles. The van der Waals surface area contributed by atoms with Gasteiger partial charge in [0.15, 0.2) is 0 Å². The van der Waals surface area contributed by atoms with E-state index in [1.165, 1.54) is 4.90 Å². The predicted molar refractivity (Wildman–Crippen MR) is 77.3 cm³/mol. The van der Waals surface area contributed by atoms with Crippen molar-refractivity contribution in [3.05, 3.63) is 35.9 Å². The standard InChI is InChI=1S/C15H20N2O3/c1-11(12-6-4-3-5-7-12)16-13-8-9-17(15(18)19)10-14(13)20-2/h3-7,11,14H,8-10H2,1-2H3,(H,18,19)/b16-13-. The molecule has 2 unspecified atom stereocenters. The lowest BCUT2D eigenvalue weighted by molar-refractivity contribution is 0.0858. The zero-order chi connectivity index (χ0) is 14.5. The summed E-state index contributed by atoms with van der Waals surface area (Å²) in [6, 6.07) is 10.1. The highest BCUT2D eigenvalue weighted by Gasteiger charge is 2.28. The maximum atomic E-state index is 11.0. The van der Waals surface area contributed by atoms with Crippen LogP contribution in [0.15, 0.2) is 35.3 Å². The molecular weight excluding hydrogens is 256 g/mol. The van der Waals surface area contributed by atoms with Crippen molar-refractivity contribution < 1.29 is 14.6 Å². The monoisotopic (exact) mass is 276 g/mol. The van der Waals surface area contributed by atoms with Crippen molar-refractivity contribution in [1.82, 2.24) is 4.90 Å². The van der Waals surface area contributed by atoms with E-state index >= 15 is 0 Å². The van der Waals surface area contributed by atoms with Crippen LogP contribution in [0.3, 0.4) is 0 Å². The Labute approximate surface area is 118 Å². The summed E-state index contributed by atoms with van der Waals surface area (Å²) in [5, 5.41) is 9.03. The van der Waals surface area contributed by atoms with Gasteiger partial charge in [-0.15, -0.1) is 0 Å². The number of hydrogen-bond donors (Lipinski definition) is 1. The minimum atomic E-state index is -0.901. The topological polar surface area (TPSA) is 62.1 Å². The van der Waals surface area contributed by atoms with E-state index in [0.29, 0.717) is 19.5 Å². The van der Waals surface area contributed by atoms with Gasteiger partial charge in [-0.25, -0.2) is 4.79 Å². The summed E-state index contributed by atoms with van der Waals surface area (Å²) in [4.78, 5) is 17.1. The number of carbonyl (C=O) groups is 1. The van der Waals surface area contributed by atoms with Gasteiger partial charge in [0.05, 0.1) is 12.6 Å². The molecule has 1 saturated heterocycles. The van der Waals surface area contributed by atoms with Crippen LogP contribution < -0.4 is 0 Å². The molecule has 1 fully saturated rings. The first-order valence-corrected chi connectivity index (χ1v) is 6.74. The van der Waals surface area contributed by atoms with Gasteiger partial charge >= 0.3 is 6.09 Å². The van der Waals surface area contributed by atoms with Crippen LogP contribution in [0.5, 0.6) is 0 Å². The molecule has 0 spiro atoms. The lowest BCUT2D eigenvalue weighted by Crippen LogP contribution is -2.47. The van der Waals surface area contributed by atoms with E-state index < -0.39 is 6.09 Å². The molecule has 2 rings (SSSR count). The number of nitrogens with zero attached hydrogens (tertiary/aromatic N) is 2. The second-order valence-electron chi connectivity index (χ2n) is 4.91. The Balaban J connectivity index is 2.11. The number of ether oxygens (including phenoxy) is 1. The van der Waals surface area contributed by atoms with Crippen LogP contribution in [0.25, 0.3) is 0 Å². The Bertz CT molecular complexity index is 487. The van der Waals surface area contributed by atoms with E-state index in [-0.39, 0.29) is 12.1 Å². The molecule has 5 heteroatoms. The molecule has 1 amide bonds. The molecule has 0 bridgehead atoms. The molecule has 1 aromatic rings. The first kappa shape index (κ1) is 14.5. The molecule has 1 aliphatic heterocycles. The molecule has 1 N–H and O–H groups in total. The Hall–Kier alpha value is -1.88. The number of carboxylic acid groups (broad SMARTS) is 1. The first-order valence-electron chi connectivity index (χ1n) is 6.74. The van der Waals surface area contributed by atoms with E-state index in [9.17, 15) is 4.79 Å². The predicted octanol–water partition coefficient (Wildman–Crippen LogP) is 2.59. The minimum absolute atomic E-state index is 0.0558. The number of benzene rings is 1. The first-order chi connectivity index (χ1) is 9.61. The Kier molecular flexibility index (Phi) is 4.74. The average molecular weight is 276 g/mol. The fourth-order valence-electron chi connectivity index (χ4n) is 2.39. The van der Waals surface area contributed by atoms with Crippen LogP contribution in [0.1, 0.15) is 24.9 Å². The molecule has 1 heterocycles. The number of rotatable bonds is 3. The third kappa shape index (κ3) is 3.36. The van der Waals surface area contributed by atoms with Crippen LogP contribution in [0, 0.1) is 0 Å². The Morgan fingerprint density at radius 1 is 1.45 bits per heavy atom. The van der Waals surface area contributed by atoms with Gasteiger partial charge in [0.25, 0.3) is 0 Å². The largest absolute Gasteiger partial charge is 0.465 e. The van der Waals surface area contributed by atoms with E-state index in [1.807, 2.05) is 37.3 Å². The van der Waals surface area contributed by atoms with Crippen molar-refractivity contribution in [2.75, 3.05) is 20.2 Å². The Morgan fingerprint density at radius 2 is 2.15 bits per heavy atom. The number of piperidine rings is 1. The second kappa shape index (κ2) is 6.52. The van der Waals surface area contributed by atoms with Crippen molar-refractivity contribution >= 4 is 11.8 Å². The molecule has 0 aliphatic carbocycles. The molecule has 2 atom stereocenters. The number of methoxy groups -OCH3 is 1. The van der Waals surface area contributed by atoms with Crippen LogP contribution in [-0.4, -0.2) is 48.1 Å². The van der Waals surface area contributed by atoms with Gasteiger partial charge in [0.1, 0.15) is 6.10 Å². The van der Waals surface area contributed by atoms with Gasteiger partial charge in [-0.05, 0) is 12.5 Å². The average Bonchev–Trinajstić information content (AvgIpc) is 2.48. The van der Waals surface area contributed by atoms with E-state index in [4.69, 9.17) is 14.8 Å². The summed E-state index contributed by atoms with van der Waals surface area (Å²) < 4.78 is 5.39. The Morgan fingerprint density at radius 3 is 2.75 bits per heavy atom. The zero-order valence-electron chi connectivity index (χ0n) is 11.8. The van der Waals surface area contributed by atoms with Crippen molar-refractivity contribution in [2.24, 2.45) is 4.99 Å². The smallest absolute Gasteiger partial charge is 0.407 e. The number of likely N-dealkylation sites (tertiary alicyclic amines) is 1. The normalized spacial score (nSPS) is 22.8. The highest BCUT2D eigenvalue weighted by molar-refractivity contribution is 5.91. The zero-order valence-corrected chi connectivity index (χ0v) is 11.8.